The van der Waals surface area contributed by atoms with Gasteiger partial charge in [-0.2, -0.15) is 6.08 Å². The predicted octanol–water partition coefficient (Wildman–Crippen LogP) is 11.3. The zero-order valence-electron chi connectivity index (χ0n) is 27.8. The van der Waals surface area contributed by atoms with Crippen molar-refractivity contribution < 1.29 is 25.2 Å². The molecule has 1 N–H and O–H groups in total. The molecular formula is C42H45IrN2O. The molecular weight excluding hydrogens is 741 g/mol. The van der Waals surface area contributed by atoms with Gasteiger partial charge in [-0.3, -0.25) is 6.58 Å². The molecule has 5 rings (SSSR count). The van der Waals surface area contributed by atoms with Crippen molar-refractivity contribution in [2.75, 3.05) is 0 Å². The van der Waals surface area contributed by atoms with Crippen LogP contribution in [0, 0.1) is 44.4 Å². The van der Waals surface area contributed by atoms with Crippen molar-refractivity contribution in [2.24, 2.45) is 11.8 Å². The number of allylic oxidation sites excluding steroid dienone is 3. The van der Waals surface area contributed by atoms with Crippen molar-refractivity contribution in [1.29, 1.82) is 0 Å². The minimum atomic E-state index is 0. The van der Waals surface area contributed by atoms with Crippen molar-refractivity contribution in [1.82, 2.24) is 9.97 Å². The summed E-state index contributed by atoms with van der Waals surface area (Å²) in [7, 11) is 0. The van der Waals surface area contributed by atoms with Crippen molar-refractivity contribution in [3.8, 4) is 33.6 Å². The molecule has 4 heteroatoms. The maximum atomic E-state index is 9.59. The van der Waals surface area contributed by atoms with Crippen molar-refractivity contribution >= 4 is 0 Å². The van der Waals surface area contributed by atoms with Gasteiger partial charge in [-0.25, -0.2) is 5.57 Å². The molecule has 2 atom stereocenters. The van der Waals surface area contributed by atoms with Crippen molar-refractivity contribution in [3.05, 3.63) is 157 Å². The number of hydrogen-bond donors (Lipinski definition) is 1. The molecule has 3 nitrogen and oxygen atoms in total. The van der Waals surface area contributed by atoms with Gasteiger partial charge in [0.2, 0.25) is 0 Å². The second-order valence-corrected chi connectivity index (χ2v) is 11.3. The van der Waals surface area contributed by atoms with E-state index in [-0.39, 0.29) is 26.0 Å². The zero-order chi connectivity index (χ0) is 32.6. The SMILES string of the molecule is Cc1cc(C)cc(-c2ccc(-c3[c-]cccc3)nc2)c1.[CH-]=C(/C=C(\O)C(C)CC)C(C)CC.[Ir+3].[c-]1ccccc1-c1ccccn1. The molecule has 0 aliphatic carbocycles. The molecule has 238 valence electrons. The third-order valence-electron chi connectivity index (χ3n) is 7.57. The number of aromatic nitrogens is 2. The summed E-state index contributed by atoms with van der Waals surface area (Å²) in [6.45, 7) is 18.2. The maximum absolute atomic E-state index is 9.59. The van der Waals surface area contributed by atoms with Crippen LogP contribution in [0.15, 0.2) is 127 Å². The summed E-state index contributed by atoms with van der Waals surface area (Å²) in [6.07, 6.45) is 7.38. The van der Waals surface area contributed by atoms with E-state index in [1.807, 2.05) is 86.8 Å². The summed E-state index contributed by atoms with van der Waals surface area (Å²) in [5.41, 5.74) is 9.70. The zero-order valence-corrected chi connectivity index (χ0v) is 30.2. The third-order valence-corrected chi connectivity index (χ3v) is 7.57. The van der Waals surface area contributed by atoms with Crippen LogP contribution in [-0.2, 0) is 20.1 Å². The van der Waals surface area contributed by atoms with E-state index < -0.39 is 0 Å². The van der Waals surface area contributed by atoms with Crippen LogP contribution < -0.4 is 0 Å². The molecule has 0 saturated carbocycles. The number of pyridine rings is 2. The Morgan fingerprint density at radius 2 is 1.30 bits per heavy atom. The van der Waals surface area contributed by atoms with Gasteiger partial charge >= 0.3 is 20.1 Å². The summed E-state index contributed by atoms with van der Waals surface area (Å²) >= 11 is 0. The van der Waals surface area contributed by atoms with Crippen LogP contribution in [0.3, 0.4) is 0 Å². The molecule has 0 aliphatic rings. The Bertz CT molecular complexity index is 1560. The standard InChI is InChI=1S/C19H16N.C12H21O.C11H8N.Ir/c1-14-10-15(2)12-18(11-14)17-8-9-19(20-13-17)16-6-4-3-5-7-16;1-6-9(3)11(5)8-12(13)10(4)7-2;1-2-6-10(7-3-1)11-8-4-5-9-12-11;/h3-6,8-13H,1-2H3;5,8-10,13H,6-7H2,1-4H3;1-6,8-9H;/q3*-1;+3/b;12-8-;;. The first-order chi connectivity index (χ1) is 21.7. The Morgan fingerprint density at radius 1 is 0.739 bits per heavy atom. The fraction of sp³-hybridized carbons (Fsp3) is 0.238. The Balaban J connectivity index is 0.000000249. The van der Waals surface area contributed by atoms with E-state index in [0.717, 1.165) is 46.5 Å². The topological polar surface area (TPSA) is 46.0 Å². The van der Waals surface area contributed by atoms with Crippen LogP contribution in [0.5, 0.6) is 0 Å². The molecule has 3 aromatic carbocycles. The van der Waals surface area contributed by atoms with Gasteiger partial charge in [0.1, 0.15) is 0 Å². The Hall–Kier alpha value is -4.11. The fourth-order valence-corrected chi connectivity index (χ4v) is 4.39. The van der Waals surface area contributed by atoms with Crippen molar-refractivity contribution in [2.45, 2.75) is 54.4 Å². The van der Waals surface area contributed by atoms with E-state index >= 15 is 0 Å². The number of aliphatic hydroxyl groups excluding tert-OH is 1. The number of aliphatic hydroxyl groups is 1. The van der Waals surface area contributed by atoms with E-state index in [1.54, 1.807) is 12.3 Å². The van der Waals surface area contributed by atoms with Crippen LogP contribution in [0.4, 0.5) is 0 Å². The molecule has 5 aromatic rings. The number of hydrogen-bond acceptors (Lipinski definition) is 3. The molecule has 46 heavy (non-hydrogen) atoms. The molecule has 0 aliphatic heterocycles. The smallest absolute Gasteiger partial charge is 0.531 e. The monoisotopic (exact) mass is 786 g/mol. The minimum Gasteiger partial charge on any atom is -0.531 e. The average Bonchev–Trinajstić information content (AvgIpc) is 3.09. The van der Waals surface area contributed by atoms with E-state index in [2.05, 4.69) is 80.1 Å². The molecule has 0 fully saturated rings. The van der Waals surface area contributed by atoms with E-state index in [1.165, 1.54) is 16.7 Å². The van der Waals surface area contributed by atoms with E-state index in [9.17, 15) is 5.11 Å². The summed E-state index contributed by atoms with van der Waals surface area (Å²) in [5, 5.41) is 9.59. The van der Waals surface area contributed by atoms with Gasteiger partial charge in [0.15, 0.2) is 0 Å². The first kappa shape index (κ1) is 38.1. The Labute approximate surface area is 290 Å². The Kier molecular flexibility index (Phi) is 16.6. The Morgan fingerprint density at radius 3 is 1.76 bits per heavy atom. The molecule has 2 heterocycles. The number of benzene rings is 3. The molecule has 0 amide bonds. The van der Waals surface area contributed by atoms with Crippen LogP contribution in [0.2, 0.25) is 0 Å². The molecule has 0 saturated heterocycles. The molecule has 0 radical (unpaired) electrons. The fourth-order valence-electron chi connectivity index (χ4n) is 4.39. The van der Waals surface area contributed by atoms with Gasteiger partial charge < -0.3 is 15.1 Å². The van der Waals surface area contributed by atoms with Crippen LogP contribution >= 0.6 is 0 Å². The van der Waals surface area contributed by atoms with Crippen LogP contribution in [-0.4, -0.2) is 15.1 Å². The summed E-state index contributed by atoms with van der Waals surface area (Å²) < 4.78 is 0. The van der Waals surface area contributed by atoms with Gasteiger partial charge in [0.25, 0.3) is 0 Å². The summed E-state index contributed by atoms with van der Waals surface area (Å²) in [6, 6.07) is 38.7. The predicted molar refractivity (Wildman–Crippen MR) is 189 cm³/mol. The van der Waals surface area contributed by atoms with Gasteiger partial charge in [0.05, 0.1) is 0 Å². The second kappa shape index (κ2) is 20.1. The van der Waals surface area contributed by atoms with Crippen LogP contribution in [0.25, 0.3) is 33.6 Å². The molecule has 2 unspecified atom stereocenters. The maximum Gasteiger partial charge on any atom is 3.00 e. The van der Waals surface area contributed by atoms with Crippen molar-refractivity contribution in [3.63, 3.8) is 0 Å². The number of nitrogens with zero attached hydrogens (tertiary/aromatic N) is 2. The molecule has 0 bridgehead atoms. The summed E-state index contributed by atoms with van der Waals surface area (Å²) in [4.78, 5) is 8.77. The largest absolute Gasteiger partial charge is 3.00 e. The van der Waals surface area contributed by atoms with Gasteiger partial charge in [-0.05, 0) is 54.8 Å². The first-order valence-corrected chi connectivity index (χ1v) is 15.6. The third kappa shape index (κ3) is 12.4. The molecule has 2 aromatic heterocycles. The quantitative estimate of drug-likeness (QED) is 0.0968. The number of aryl methyl sites for hydroxylation is 2. The minimum absolute atomic E-state index is 0. The van der Waals surface area contributed by atoms with E-state index in [4.69, 9.17) is 6.58 Å². The van der Waals surface area contributed by atoms with E-state index in [0.29, 0.717) is 11.7 Å². The van der Waals surface area contributed by atoms with Gasteiger partial charge in [0, 0.05) is 18.2 Å². The summed E-state index contributed by atoms with van der Waals surface area (Å²) in [5.74, 6) is 0.967. The number of rotatable bonds is 8. The normalized spacial score (nSPS) is 11.8. The van der Waals surface area contributed by atoms with Crippen LogP contribution in [0.1, 0.15) is 51.7 Å². The second-order valence-electron chi connectivity index (χ2n) is 11.3. The first-order valence-electron chi connectivity index (χ1n) is 15.6. The average molecular weight is 786 g/mol. The van der Waals surface area contributed by atoms with Gasteiger partial charge in [-0.1, -0.05) is 93.6 Å². The molecule has 0 spiro atoms. The van der Waals surface area contributed by atoms with Gasteiger partial charge in [-0.15, -0.1) is 71.8 Å².